The summed E-state index contributed by atoms with van der Waals surface area (Å²) in [6, 6.07) is 6.72. The molecule has 122 valence electrons. The molecule has 0 bridgehead atoms. The van der Waals surface area contributed by atoms with E-state index in [1.54, 1.807) is 42.2 Å². The Morgan fingerprint density at radius 2 is 1.96 bits per heavy atom. The first-order chi connectivity index (χ1) is 11.5. The summed E-state index contributed by atoms with van der Waals surface area (Å²) in [7, 11) is 1.78. The van der Waals surface area contributed by atoms with Gasteiger partial charge in [-0.2, -0.15) is 5.10 Å². The number of amides is 2. The van der Waals surface area contributed by atoms with Crippen LogP contribution in [0.3, 0.4) is 0 Å². The van der Waals surface area contributed by atoms with Gasteiger partial charge in [0.25, 0.3) is 5.91 Å². The molecule has 0 saturated carbocycles. The maximum atomic E-state index is 12.9. The van der Waals surface area contributed by atoms with Crippen molar-refractivity contribution in [2.75, 3.05) is 4.90 Å². The lowest BCUT2D eigenvalue weighted by molar-refractivity contribution is -0.126. The van der Waals surface area contributed by atoms with Gasteiger partial charge in [-0.15, -0.1) is 0 Å². The standard InChI is InChI=1S/C16H13ClN4O3/c1-8-9(7-20(2)18-8)13-12-14(24-19-13)16(23)21(15(12)22)11-6-4-3-5-10(11)17/h3-7,12,14H,1-2H3. The second-order valence-electron chi connectivity index (χ2n) is 5.75. The normalized spacial score (nSPS) is 22.6. The van der Waals surface area contributed by atoms with Crippen LogP contribution in [0.5, 0.6) is 0 Å². The highest BCUT2D eigenvalue weighted by Crippen LogP contribution is 2.37. The number of rotatable bonds is 2. The monoisotopic (exact) mass is 344 g/mol. The van der Waals surface area contributed by atoms with Gasteiger partial charge in [-0.25, -0.2) is 4.90 Å². The predicted octanol–water partition coefficient (Wildman–Crippen LogP) is 1.67. The van der Waals surface area contributed by atoms with Crippen molar-refractivity contribution in [3.63, 3.8) is 0 Å². The lowest BCUT2D eigenvalue weighted by Crippen LogP contribution is -2.33. The molecule has 24 heavy (non-hydrogen) atoms. The van der Waals surface area contributed by atoms with Gasteiger partial charge in [-0.05, 0) is 19.1 Å². The quantitative estimate of drug-likeness (QED) is 0.777. The van der Waals surface area contributed by atoms with Crippen LogP contribution in [-0.2, 0) is 21.5 Å². The van der Waals surface area contributed by atoms with Gasteiger partial charge in [0.05, 0.1) is 16.4 Å². The van der Waals surface area contributed by atoms with E-state index in [0.717, 1.165) is 10.6 Å². The van der Waals surface area contributed by atoms with Gasteiger partial charge >= 0.3 is 0 Å². The van der Waals surface area contributed by atoms with Crippen molar-refractivity contribution in [1.29, 1.82) is 0 Å². The summed E-state index contributed by atoms with van der Waals surface area (Å²) in [6.45, 7) is 1.82. The average Bonchev–Trinajstić information content (AvgIpc) is 3.17. The molecule has 2 atom stereocenters. The maximum Gasteiger partial charge on any atom is 0.279 e. The Labute approximate surface area is 142 Å². The van der Waals surface area contributed by atoms with Crippen LogP contribution in [-0.4, -0.2) is 33.4 Å². The van der Waals surface area contributed by atoms with E-state index in [2.05, 4.69) is 10.3 Å². The Bertz CT molecular complexity index is 904. The Hall–Kier alpha value is -2.67. The number of anilines is 1. The molecular weight excluding hydrogens is 332 g/mol. The lowest BCUT2D eigenvalue weighted by Gasteiger charge is -2.16. The van der Waals surface area contributed by atoms with Crippen LogP contribution in [0, 0.1) is 12.8 Å². The minimum absolute atomic E-state index is 0.329. The minimum Gasteiger partial charge on any atom is -0.381 e. The van der Waals surface area contributed by atoms with Crippen LogP contribution in [0.4, 0.5) is 5.69 Å². The molecule has 0 spiro atoms. The SMILES string of the molecule is Cc1nn(C)cc1C1=NOC2C(=O)N(c3ccccc3Cl)C(=O)C12. The number of halogens is 1. The summed E-state index contributed by atoms with van der Waals surface area (Å²) in [6.07, 6.45) is 0.805. The van der Waals surface area contributed by atoms with Crippen LogP contribution >= 0.6 is 11.6 Å². The molecule has 8 heteroatoms. The number of para-hydroxylation sites is 1. The summed E-state index contributed by atoms with van der Waals surface area (Å²) in [5.74, 6) is -1.63. The zero-order valence-corrected chi connectivity index (χ0v) is 13.7. The minimum atomic E-state index is -0.955. The first-order valence-corrected chi connectivity index (χ1v) is 7.73. The largest absolute Gasteiger partial charge is 0.381 e. The lowest BCUT2D eigenvalue weighted by atomic mass is 9.94. The number of imide groups is 1. The van der Waals surface area contributed by atoms with Crippen molar-refractivity contribution in [1.82, 2.24) is 9.78 Å². The van der Waals surface area contributed by atoms with Crippen LogP contribution in [0.2, 0.25) is 5.02 Å². The number of hydrogen-bond donors (Lipinski definition) is 0. The summed E-state index contributed by atoms with van der Waals surface area (Å²) in [4.78, 5) is 31.9. The summed E-state index contributed by atoms with van der Waals surface area (Å²) >= 11 is 6.14. The number of benzene rings is 1. The Kier molecular flexibility index (Phi) is 3.21. The fourth-order valence-electron chi connectivity index (χ4n) is 3.12. The number of carbonyl (C=O) groups excluding carboxylic acids is 2. The van der Waals surface area contributed by atoms with E-state index >= 15 is 0 Å². The summed E-state index contributed by atoms with van der Waals surface area (Å²) < 4.78 is 1.63. The number of fused-ring (bicyclic) bond motifs is 1. The number of aryl methyl sites for hydroxylation is 2. The zero-order valence-electron chi connectivity index (χ0n) is 12.9. The first kappa shape index (κ1) is 14.9. The van der Waals surface area contributed by atoms with Gasteiger partial charge in [-0.1, -0.05) is 28.9 Å². The van der Waals surface area contributed by atoms with Gasteiger partial charge in [-0.3, -0.25) is 14.3 Å². The molecule has 3 heterocycles. The van der Waals surface area contributed by atoms with E-state index in [1.807, 2.05) is 6.92 Å². The first-order valence-electron chi connectivity index (χ1n) is 7.35. The third-order valence-corrected chi connectivity index (χ3v) is 4.51. The van der Waals surface area contributed by atoms with Crippen LogP contribution in [0.15, 0.2) is 35.6 Å². The number of aromatic nitrogens is 2. The van der Waals surface area contributed by atoms with E-state index in [9.17, 15) is 9.59 Å². The van der Waals surface area contributed by atoms with Gasteiger partial charge in [0, 0.05) is 18.8 Å². The van der Waals surface area contributed by atoms with E-state index < -0.39 is 23.8 Å². The maximum absolute atomic E-state index is 12.9. The van der Waals surface area contributed by atoms with Crippen LogP contribution in [0.1, 0.15) is 11.3 Å². The highest BCUT2D eigenvalue weighted by molar-refractivity contribution is 6.38. The van der Waals surface area contributed by atoms with Crippen LogP contribution in [0.25, 0.3) is 0 Å². The van der Waals surface area contributed by atoms with E-state index in [0.29, 0.717) is 22.0 Å². The molecule has 2 aliphatic rings. The number of carbonyl (C=O) groups is 2. The van der Waals surface area contributed by atoms with Crippen molar-refractivity contribution in [3.8, 4) is 0 Å². The Morgan fingerprint density at radius 3 is 2.62 bits per heavy atom. The number of nitrogens with zero attached hydrogens (tertiary/aromatic N) is 4. The van der Waals surface area contributed by atoms with Gasteiger partial charge in [0.15, 0.2) is 0 Å². The third-order valence-electron chi connectivity index (χ3n) is 4.19. The molecule has 2 aliphatic heterocycles. The molecular formula is C16H13ClN4O3. The number of hydrogen-bond acceptors (Lipinski definition) is 5. The molecule has 1 saturated heterocycles. The second kappa shape index (κ2) is 5.17. The average molecular weight is 345 g/mol. The van der Waals surface area contributed by atoms with E-state index in [-0.39, 0.29) is 0 Å². The van der Waals surface area contributed by atoms with Gasteiger partial charge in [0.2, 0.25) is 12.0 Å². The molecule has 2 unspecified atom stereocenters. The fourth-order valence-corrected chi connectivity index (χ4v) is 3.34. The molecule has 4 rings (SSSR count). The van der Waals surface area contributed by atoms with Crippen molar-refractivity contribution < 1.29 is 14.4 Å². The highest BCUT2D eigenvalue weighted by atomic mass is 35.5. The van der Waals surface area contributed by atoms with E-state index in [4.69, 9.17) is 16.4 Å². The van der Waals surface area contributed by atoms with Crippen molar-refractivity contribution >= 4 is 34.8 Å². The smallest absolute Gasteiger partial charge is 0.279 e. The van der Waals surface area contributed by atoms with Crippen molar-refractivity contribution in [3.05, 3.63) is 46.7 Å². The zero-order chi connectivity index (χ0) is 17.0. The molecule has 7 nitrogen and oxygen atoms in total. The van der Waals surface area contributed by atoms with Gasteiger partial charge in [0.1, 0.15) is 11.6 Å². The third kappa shape index (κ3) is 1.98. The Balaban J connectivity index is 1.76. The van der Waals surface area contributed by atoms with Crippen molar-refractivity contribution in [2.24, 2.45) is 18.1 Å². The second-order valence-corrected chi connectivity index (χ2v) is 6.15. The van der Waals surface area contributed by atoms with E-state index in [1.165, 1.54) is 0 Å². The van der Waals surface area contributed by atoms with Crippen LogP contribution < -0.4 is 4.90 Å². The Morgan fingerprint density at radius 1 is 1.21 bits per heavy atom. The molecule has 2 aromatic rings. The molecule has 0 aliphatic carbocycles. The number of oxime groups is 1. The van der Waals surface area contributed by atoms with Gasteiger partial charge < -0.3 is 4.84 Å². The fraction of sp³-hybridized carbons (Fsp3) is 0.250. The molecule has 1 aromatic heterocycles. The molecule has 0 N–H and O–H groups in total. The topological polar surface area (TPSA) is 76.8 Å². The molecule has 0 radical (unpaired) electrons. The molecule has 2 amide bonds. The summed E-state index contributed by atoms with van der Waals surface area (Å²) in [5, 5.41) is 8.56. The summed E-state index contributed by atoms with van der Waals surface area (Å²) in [5.41, 5.74) is 2.21. The predicted molar refractivity (Wildman–Crippen MR) is 86.8 cm³/mol. The molecule has 1 aromatic carbocycles. The molecule has 1 fully saturated rings. The van der Waals surface area contributed by atoms with Crippen molar-refractivity contribution in [2.45, 2.75) is 13.0 Å². The highest BCUT2D eigenvalue weighted by Gasteiger charge is 2.56.